The quantitative estimate of drug-likeness (QED) is 0.639. The van der Waals surface area contributed by atoms with Crippen LogP contribution in [0.3, 0.4) is 0 Å². The van der Waals surface area contributed by atoms with Gasteiger partial charge in [-0.2, -0.15) is 0 Å². The molecule has 64 valence electrons. The summed E-state index contributed by atoms with van der Waals surface area (Å²) in [6, 6.07) is 9.19. The summed E-state index contributed by atoms with van der Waals surface area (Å²) in [6.07, 6.45) is 2.50. The third-order valence-corrected chi connectivity index (χ3v) is 1.21. The lowest BCUT2D eigenvalue weighted by Gasteiger charge is -1.91. The van der Waals surface area contributed by atoms with Gasteiger partial charge in [-0.3, -0.25) is 0 Å². The molecule has 0 aliphatic heterocycles. The van der Waals surface area contributed by atoms with Crippen molar-refractivity contribution in [2.24, 2.45) is 0 Å². The Bertz CT molecular complexity index is 267. The van der Waals surface area contributed by atoms with Gasteiger partial charge in [0.15, 0.2) is 0 Å². The molecule has 0 unspecified atom stereocenters. The topological polar surface area (TPSA) is 40.1 Å². The lowest BCUT2D eigenvalue weighted by Crippen LogP contribution is -2.18. The van der Waals surface area contributed by atoms with Crippen LogP contribution in [0.15, 0.2) is 36.4 Å². The van der Waals surface area contributed by atoms with E-state index in [4.69, 9.17) is 0 Å². The van der Waals surface area contributed by atoms with Gasteiger partial charge in [0.05, 0.1) is 5.97 Å². The average molecular weight is 184 g/mol. The second-order valence-corrected chi connectivity index (χ2v) is 2.06. The van der Waals surface area contributed by atoms with E-state index in [1.54, 1.807) is 0 Å². The Morgan fingerprint density at radius 3 is 2.33 bits per heavy atom. The molecule has 1 aromatic carbocycles. The minimum atomic E-state index is -1.17. The van der Waals surface area contributed by atoms with E-state index in [-0.39, 0.29) is 12.4 Å². The van der Waals surface area contributed by atoms with E-state index < -0.39 is 5.97 Å². The highest BCUT2D eigenvalue weighted by Crippen LogP contribution is 1.99. The average Bonchev–Trinajstić information content (AvgIpc) is 2.03. The van der Waals surface area contributed by atoms with Crippen LogP contribution in [0.5, 0.6) is 0 Å². The number of benzene rings is 1. The first kappa shape index (κ1) is 10.7. The van der Waals surface area contributed by atoms with E-state index in [1.807, 2.05) is 30.3 Å². The van der Waals surface area contributed by atoms with E-state index in [0.29, 0.717) is 0 Å². The number of halogens is 1. The SMILES string of the molecule is Cl.O=C([O-])/C=C/c1ccccc1. The highest BCUT2D eigenvalue weighted by Gasteiger charge is 1.80. The third-order valence-electron chi connectivity index (χ3n) is 1.21. The highest BCUT2D eigenvalue weighted by atomic mass is 35.5. The first-order valence-corrected chi connectivity index (χ1v) is 3.23. The number of carbonyl (C=O) groups excluding carboxylic acids is 1. The third kappa shape index (κ3) is 3.78. The lowest BCUT2D eigenvalue weighted by molar-refractivity contribution is -0.297. The van der Waals surface area contributed by atoms with Crippen LogP contribution >= 0.6 is 12.4 Å². The van der Waals surface area contributed by atoms with Crippen molar-refractivity contribution in [1.82, 2.24) is 0 Å². The number of carboxylic acids is 1. The maximum absolute atomic E-state index is 9.97. The summed E-state index contributed by atoms with van der Waals surface area (Å²) in [5.41, 5.74) is 0.858. The fraction of sp³-hybridized carbons (Fsp3) is 0. The molecular weight excluding hydrogens is 176 g/mol. The first-order valence-electron chi connectivity index (χ1n) is 3.23. The van der Waals surface area contributed by atoms with Crippen molar-refractivity contribution < 1.29 is 9.90 Å². The molecule has 0 spiro atoms. The van der Waals surface area contributed by atoms with Gasteiger partial charge < -0.3 is 9.90 Å². The number of carbonyl (C=O) groups is 1. The van der Waals surface area contributed by atoms with Crippen LogP contribution in [-0.4, -0.2) is 5.97 Å². The summed E-state index contributed by atoms with van der Waals surface area (Å²) in [7, 11) is 0. The Hall–Kier alpha value is -1.28. The van der Waals surface area contributed by atoms with Crippen molar-refractivity contribution in [1.29, 1.82) is 0 Å². The summed E-state index contributed by atoms with van der Waals surface area (Å²) in [6.45, 7) is 0. The van der Waals surface area contributed by atoms with Gasteiger partial charge in [0.2, 0.25) is 0 Å². The van der Waals surface area contributed by atoms with Crippen LogP contribution in [0.1, 0.15) is 5.56 Å². The summed E-state index contributed by atoms with van der Waals surface area (Å²) >= 11 is 0. The maximum Gasteiger partial charge on any atom is 0.0643 e. The molecule has 0 aliphatic carbocycles. The Morgan fingerprint density at radius 2 is 1.83 bits per heavy atom. The molecule has 1 rings (SSSR count). The molecule has 1 aromatic rings. The van der Waals surface area contributed by atoms with E-state index in [9.17, 15) is 9.90 Å². The normalized spacial score (nSPS) is 9.33. The monoisotopic (exact) mass is 183 g/mol. The zero-order chi connectivity index (χ0) is 8.10. The first-order chi connectivity index (χ1) is 5.29. The predicted molar refractivity (Wildman–Crippen MR) is 47.7 cm³/mol. The molecule has 0 N–H and O–H groups in total. The minimum Gasteiger partial charge on any atom is -0.545 e. The second-order valence-electron chi connectivity index (χ2n) is 2.06. The molecule has 0 radical (unpaired) electrons. The molecular formula is C9H8ClO2-. The Balaban J connectivity index is 0.00000121. The summed E-state index contributed by atoms with van der Waals surface area (Å²) in [5.74, 6) is -1.17. The standard InChI is InChI=1S/C9H8O2.ClH/c10-9(11)7-6-8-4-2-1-3-5-8;/h1-7H,(H,10,11);1H/p-1/b7-6+;. The van der Waals surface area contributed by atoms with E-state index >= 15 is 0 Å². The molecule has 0 aromatic heterocycles. The van der Waals surface area contributed by atoms with E-state index in [1.165, 1.54) is 6.08 Å². The van der Waals surface area contributed by atoms with Gasteiger partial charge in [-0.05, 0) is 11.6 Å². The zero-order valence-electron chi connectivity index (χ0n) is 6.27. The highest BCUT2D eigenvalue weighted by molar-refractivity contribution is 5.85. The number of hydrogen-bond donors (Lipinski definition) is 0. The number of rotatable bonds is 2. The molecule has 0 bridgehead atoms. The van der Waals surface area contributed by atoms with Crippen molar-refractivity contribution in [2.75, 3.05) is 0 Å². The predicted octanol–water partition coefficient (Wildman–Crippen LogP) is 0.871. The fourth-order valence-corrected chi connectivity index (χ4v) is 0.728. The summed E-state index contributed by atoms with van der Waals surface area (Å²) < 4.78 is 0. The van der Waals surface area contributed by atoms with Crippen molar-refractivity contribution in [3.05, 3.63) is 42.0 Å². The van der Waals surface area contributed by atoms with Crippen LogP contribution in [-0.2, 0) is 4.79 Å². The second kappa shape index (κ2) is 5.38. The van der Waals surface area contributed by atoms with Gasteiger partial charge >= 0.3 is 0 Å². The number of carboxylic acid groups (broad SMARTS) is 1. The van der Waals surface area contributed by atoms with Gasteiger partial charge in [-0.15, -0.1) is 12.4 Å². The van der Waals surface area contributed by atoms with Gasteiger partial charge in [-0.1, -0.05) is 36.4 Å². The van der Waals surface area contributed by atoms with E-state index in [2.05, 4.69) is 0 Å². The minimum absolute atomic E-state index is 0. The molecule has 0 amide bonds. The molecule has 0 saturated heterocycles. The maximum atomic E-state index is 9.97. The largest absolute Gasteiger partial charge is 0.545 e. The van der Waals surface area contributed by atoms with E-state index in [0.717, 1.165) is 11.6 Å². The Kier molecular flexibility index (Phi) is 4.81. The van der Waals surface area contributed by atoms with Crippen LogP contribution in [0.25, 0.3) is 6.08 Å². The van der Waals surface area contributed by atoms with Crippen LogP contribution < -0.4 is 5.11 Å². The van der Waals surface area contributed by atoms with Gasteiger partial charge in [0, 0.05) is 0 Å². The van der Waals surface area contributed by atoms with Crippen molar-refractivity contribution in [2.45, 2.75) is 0 Å². The lowest BCUT2D eigenvalue weighted by atomic mass is 10.2. The molecule has 3 heteroatoms. The Labute approximate surface area is 76.9 Å². The number of aliphatic carboxylic acids is 1. The summed E-state index contributed by atoms with van der Waals surface area (Å²) in [4.78, 5) is 9.97. The summed E-state index contributed by atoms with van der Waals surface area (Å²) in [5, 5.41) is 9.97. The van der Waals surface area contributed by atoms with Crippen LogP contribution in [0, 0.1) is 0 Å². The Morgan fingerprint density at radius 1 is 1.25 bits per heavy atom. The molecule has 0 heterocycles. The van der Waals surface area contributed by atoms with Gasteiger partial charge in [-0.25, -0.2) is 0 Å². The van der Waals surface area contributed by atoms with Crippen molar-refractivity contribution in [3.63, 3.8) is 0 Å². The zero-order valence-corrected chi connectivity index (χ0v) is 7.08. The molecule has 12 heavy (non-hydrogen) atoms. The molecule has 0 fully saturated rings. The van der Waals surface area contributed by atoms with Gasteiger partial charge in [0.25, 0.3) is 0 Å². The number of hydrogen-bond acceptors (Lipinski definition) is 2. The van der Waals surface area contributed by atoms with Crippen LogP contribution in [0.4, 0.5) is 0 Å². The van der Waals surface area contributed by atoms with Crippen molar-refractivity contribution >= 4 is 24.5 Å². The molecule has 0 saturated carbocycles. The van der Waals surface area contributed by atoms with Crippen LogP contribution in [0.2, 0.25) is 0 Å². The van der Waals surface area contributed by atoms with Crippen molar-refractivity contribution in [3.8, 4) is 0 Å². The molecule has 0 atom stereocenters. The smallest absolute Gasteiger partial charge is 0.0643 e. The fourth-order valence-electron chi connectivity index (χ4n) is 0.728. The molecule has 0 aliphatic rings. The van der Waals surface area contributed by atoms with Gasteiger partial charge in [0.1, 0.15) is 0 Å². The molecule has 2 nitrogen and oxygen atoms in total.